The summed E-state index contributed by atoms with van der Waals surface area (Å²) in [5.74, 6) is 0.195. The van der Waals surface area contributed by atoms with E-state index < -0.39 is 11.4 Å². The Balaban J connectivity index is 2.17. The molecule has 0 aromatic heterocycles. The van der Waals surface area contributed by atoms with Crippen LogP contribution >= 0.6 is 0 Å². The lowest BCUT2D eigenvalue weighted by atomic mass is 9.84. The Morgan fingerprint density at radius 1 is 1.38 bits per heavy atom. The van der Waals surface area contributed by atoms with E-state index in [1.54, 1.807) is 7.11 Å². The first-order valence-corrected chi connectivity index (χ1v) is 7.67. The largest absolute Gasteiger partial charge is 0.497 e. The molecule has 4 nitrogen and oxygen atoms in total. The number of rotatable bonds is 6. The third-order valence-corrected chi connectivity index (χ3v) is 4.84. The third kappa shape index (κ3) is 3.05. The summed E-state index contributed by atoms with van der Waals surface area (Å²) >= 11 is 0. The SMILES string of the molecule is CCC(c1ccc(OC)cc1)N1CCC(CC)(C(=O)O)C1. The van der Waals surface area contributed by atoms with E-state index in [-0.39, 0.29) is 6.04 Å². The van der Waals surface area contributed by atoms with E-state index in [9.17, 15) is 9.90 Å². The van der Waals surface area contributed by atoms with Crippen molar-refractivity contribution < 1.29 is 14.6 Å². The first-order chi connectivity index (χ1) is 10.1. The number of hydrogen-bond acceptors (Lipinski definition) is 3. The highest BCUT2D eigenvalue weighted by Gasteiger charge is 2.44. The van der Waals surface area contributed by atoms with Crippen molar-refractivity contribution in [1.29, 1.82) is 0 Å². The second-order valence-electron chi connectivity index (χ2n) is 5.86. The number of aliphatic carboxylic acids is 1. The van der Waals surface area contributed by atoms with Gasteiger partial charge in [-0.2, -0.15) is 0 Å². The van der Waals surface area contributed by atoms with Crippen LogP contribution in [0.4, 0.5) is 0 Å². The van der Waals surface area contributed by atoms with Crippen molar-refractivity contribution in [2.45, 2.75) is 39.2 Å². The van der Waals surface area contributed by atoms with Crippen molar-refractivity contribution in [3.63, 3.8) is 0 Å². The van der Waals surface area contributed by atoms with Crippen LogP contribution in [0.3, 0.4) is 0 Å². The molecule has 1 aliphatic heterocycles. The van der Waals surface area contributed by atoms with Gasteiger partial charge < -0.3 is 9.84 Å². The molecule has 0 aliphatic carbocycles. The molecule has 116 valence electrons. The van der Waals surface area contributed by atoms with Gasteiger partial charge in [-0.25, -0.2) is 0 Å². The van der Waals surface area contributed by atoms with E-state index >= 15 is 0 Å². The third-order valence-electron chi connectivity index (χ3n) is 4.84. The Hall–Kier alpha value is -1.55. The number of likely N-dealkylation sites (tertiary alicyclic amines) is 1. The standard InChI is InChI=1S/C17H25NO3/c1-4-15(13-6-8-14(21-3)9-7-13)18-11-10-17(5-2,12-18)16(19)20/h6-9,15H,4-5,10-12H2,1-3H3,(H,19,20). The molecule has 1 aromatic carbocycles. The van der Waals surface area contributed by atoms with Crippen molar-refractivity contribution in [2.75, 3.05) is 20.2 Å². The van der Waals surface area contributed by atoms with Crippen LogP contribution in [-0.2, 0) is 4.79 Å². The van der Waals surface area contributed by atoms with Gasteiger partial charge in [-0.05, 0) is 43.5 Å². The highest BCUT2D eigenvalue weighted by molar-refractivity contribution is 5.75. The van der Waals surface area contributed by atoms with Crippen LogP contribution in [0.25, 0.3) is 0 Å². The minimum atomic E-state index is -0.655. The molecule has 2 rings (SSSR count). The second kappa shape index (κ2) is 6.48. The summed E-state index contributed by atoms with van der Waals surface area (Å²) in [6.07, 6.45) is 2.41. The molecule has 2 atom stereocenters. The first-order valence-electron chi connectivity index (χ1n) is 7.67. The highest BCUT2D eigenvalue weighted by atomic mass is 16.5. The zero-order valence-corrected chi connectivity index (χ0v) is 13.1. The van der Waals surface area contributed by atoms with Gasteiger partial charge in [0.25, 0.3) is 0 Å². The predicted octanol–water partition coefficient (Wildman–Crippen LogP) is 3.33. The fraction of sp³-hybridized carbons (Fsp3) is 0.588. The molecule has 0 radical (unpaired) electrons. The van der Waals surface area contributed by atoms with Crippen molar-refractivity contribution in [3.05, 3.63) is 29.8 Å². The summed E-state index contributed by atoms with van der Waals surface area (Å²) in [6, 6.07) is 8.39. The quantitative estimate of drug-likeness (QED) is 0.873. The van der Waals surface area contributed by atoms with E-state index in [0.717, 1.165) is 25.1 Å². The smallest absolute Gasteiger partial charge is 0.310 e. The summed E-state index contributed by atoms with van der Waals surface area (Å²) in [6.45, 7) is 5.63. The van der Waals surface area contributed by atoms with Crippen molar-refractivity contribution >= 4 is 5.97 Å². The molecule has 1 aromatic rings. The Morgan fingerprint density at radius 2 is 2.05 bits per heavy atom. The minimum Gasteiger partial charge on any atom is -0.497 e. The zero-order chi connectivity index (χ0) is 15.5. The van der Waals surface area contributed by atoms with Crippen molar-refractivity contribution in [3.8, 4) is 5.75 Å². The minimum absolute atomic E-state index is 0.281. The van der Waals surface area contributed by atoms with Gasteiger partial charge in [0.05, 0.1) is 12.5 Å². The number of carboxylic acids is 1. The van der Waals surface area contributed by atoms with E-state index in [0.29, 0.717) is 13.0 Å². The lowest BCUT2D eigenvalue weighted by Gasteiger charge is -2.29. The molecule has 1 aliphatic rings. The van der Waals surface area contributed by atoms with E-state index in [1.165, 1.54) is 5.56 Å². The summed E-state index contributed by atoms with van der Waals surface area (Å²) in [5, 5.41) is 9.53. The zero-order valence-electron chi connectivity index (χ0n) is 13.1. The molecule has 1 N–H and O–H groups in total. The maximum Gasteiger partial charge on any atom is 0.310 e. The molecule has 2 unspecified atom stereocenters. The van der Waals surface area contributed by atoms with Crippen LogP contribution in [0.2, 0.25) is 0 Å². The predicted molar refractivity (Wildman–Crippen MR) is 82.6 cm³/mol. The molecular weight excluding hydrogens is 266 g/mol. The maximum atomic E-state index is 11.6. The first kappa shape index (κ1) is 15.8. The van der Waals surface area contributed by atoms with Crippen LogP contribution in [-0.4, -0.2) is 36.2 Å². The highest BCUT2D eigenvalue weighted by Crippen LogP contribution is 2.39. The van der Waals surface area contributed by atoms with E-state index in [4.69, 9.17) is 4.74 Å². The Labute approximate surface area is 126 Å². The van der Waals surface area contributed by atoms with Gasteiger partial charge in [-0.15, -0.1) is 0 Å². The van der Waals surface area contributed by atoms with Gasteiger partial charge in [0, 0.05) is 12.6 Å². The van der Waals surface area contributed by atoms with E-state index in [1.807, 2.05) is 19.1 Å². The summed E-state index contributed by atoms with van der Waals surface area (Å²) in [4.78, 5) is 13.9. The van der Waals surface area contributed by atoms with Crippen LogP contribution in [0, 0.1) is 5.41 Å². The van der Waals surface area contributed by atoms with Crippen LogP contribution in [0.5, 0.6) is 5.75 Å². The summed E-state index contributed by atoms with van der Waals surface area (Å²) in [5.41, 5.74) is 0.662. The molecular formula is C17H25NO3. The number of carboxylic acid groups (broad SMARTS) is 1. The lowest BCUT2D eigenvalue weighted by Crippen LogP contribution is -2.35. The second-order valence-corrected chi connectivity index (χ2v) is 5.86. The fourth-order valence-corrected chi connectivity index (χ4v) is 3.32. The molecule has 1 fully saturated rings. The molecule has 4 heteroatoms. The van der Waals surface area contributed by atoms with Crippen LogP contribution in [0.15, 0.2) is 24.3 Å². The van der Waals surface area contributed by atoms with Crippen molar-refractivity contribution in [2.24, 2.45) is 5.41 Å². The average molecular weight is 291 g/mol. The molecule has 0 spiro atoms. The maximum absolute atomic E-state index is 11.6. The van der Waals surface area contributed by atoms with Gasteiger partial charge in [0.15, 0.2) is 0 Å². The number of benzene rings is 1. The normalized spacial score (nSPS) is 24.0. The number of carbonyl (C=O) groups is 1. The Kier molecular flexibility index (Phi) is 4.88. The molecule has 0 amide bonds. The topological polar surface area (TPSA) is 49.8 Å². The molecule has 0 saturated carbocycles. The Morgan fingerprint density at radius 3 is 2.48 bits per heavy atom. The number of nitrogens with zero attached hydrogens (tertiary/aromatic N) is 1. The summed E-state index contributed by atoms with van der Waals surface area (Å²) in [7, 11) is 1.66. The molecule has 1 heterocycles. The van der Waals surface area contributed by atoms with Crippen molar-refractivity contribution in [1.82, 2.24) is 4.90 Å². The Bertz CT molecular complexity index is 485. The van der Waals surface area contributed by atoms with Gasteiger partial charge in [0.1, 0.15) is 5.75 Å². The van der Waals surface area contributed by atoms with Gasteiger partial charge >= 0.3 is 5.97 Å². The summed E-state index contributed by atoms with van der Waals surface area (Å²) < 4.78 is 5.20. The molecule has 0 bridgehead atoms. The number of hydrogen-bond donors (Lipinski definition) is 1. The van der Waals surface area contributed by atoms with E-state index in [2.05, 4.69) is 24.0 Å². The molecule has 21 heavy (non-hydrogen) atoms. The average Bonchev–Trinajstić information content (AvgIpc) is 2.94. The van der Waals surface area contributed by atoms with Gasteiger partial charge in [0.2, 0.25) is 0 Å². The van der Waals surface area contributed by atoms with Gasteiger partial charge in [-0.3, -0.25) is 9.69 Å². The fourth-order valence-electron chi connectivity index (χ4n) is 3.32. The lowest BCUT2D eigenvalue weighted by molar-refractivity contribution is -0.148. The van der Waals surface area contributed by atoms with Crippen LogP contribution < -0.4 is 4.74 Å². The number of methoxy groups -OCH3 is 1. The monoisotopic (exact) mass is 291 g/mol. The molecule has 1 saturated heterocycles. The number of ether oxygens (including phenoxy) is 1. The van der Waals surface area contributed by atoms with Gasteiger partial charge in [-0.1, -0.05) is 26.0 Å². The van der Waals surface area contributed by atoms with Crippen LogP contribution in [0.1, 0.15) is 44.7 Å².